The van der Waals surface area contributed by atoms with Gasteiger partial charge < -0.3 is 5.32 Å². The fourth-order valence-electron chi connectivity index (χ4n) is 3.00. The average Bonchev–Trinajstić information content (AvgIpc) is 3.16. The van der Waals surface area contributed by atoms with Crippen molar-refractivity contribution >= 4 is 37.5 Å². The monoisotopic (exact) mass is 367 g/mol. The molecule has 0 aliphatic carbocycles. The lowest BCUT2D eigenvalue weighted by Gasteiger charge is -2.21. The number of aryl methyl sites for hydroxylation is 1. The molecule has 24 heavy (non-hydrogen) atoms. The quantitative estimate of drug-likeness (QED) is 0.789. The third-order valence-corrected chi connectivity index (χ3v) is 6.52. The molecule has 8 heteroatoms. The largest absolute Gasteiger partial charge is 0.355 e. The van der Waals surface area contributed by atoms with E-state index in [0.29, 0.717) is 19.5 Å². The fourth-order valence-corrected chi connectivity index (χ4v) is 5.13. The van der Waals surface area contributed by atoms with E-state index in [2.05, 4.69) is 16.4 Å². The summed E-state index contributed by atoms with van der Waals surface area (Å²) in [6.45, 7) is 0.964. The van der Waals surface area contributed by atoms with Gasteiger partial charge in [-0.05, 0) is 31.4 Å². The first kappa shape index (κ1) is 17.3. The maximum atomic E-state index is 12.2. The zero-order valence-corrected chi connectivity index (χ0v) is 15.2. The number of para-hydroxylation sites is 1. The molecule has 0 spiro atoms. The van der Waals surface area contributed by atoms with Crippen molar-refractivity contribution in [2.45, 2.75) is 31.7 Å². The highest BCUT2D eigenvalue weighted by Gasteiger charge is 2.36. The van der Waals surface area contributed by atoms with Gasteiger partial charge in [0.2, 0.25) is 15.9 Å². The molecule has 1 saturated heterocycles. The second-order valence-corrected chi connectivity index (χ2v) is 9.05. The highest BCUT2D eigenvalue weighted by atomic mass is 32.2. The molecule has 0 bridgehead atoms. The van der Waals surface area contributed by atoms with Gasteiger partial charge in [0, 0.05) is 19.5 Å². The van der Waals surface area contributed by atoms with Crippen LogP contribution in [-0.4, -0.2) is 49.0 Å². The molecule has 3 rings (SSSR count). The summed E-state index contributed by atoms with van der Waals surface area (Å²) in [6.07, 6.45) is 4.08. The van der Waals surface area contributed by atoms with Crippen LogP contribution < -0.4 is 5.32 Å². The van der Waals surface area contributed by atoms with Gasteiger partial charge in [-0.25, -0.2) is 13.4 Å². The van der Waals surface area contributed by atoms with Gasteiger partial charge in [0.15, 0.2) is 0 Å². The Morgan fingerprint density at radius 1 is 1.42 bits per heavy atom. The average molecular weight is 367 g/mol. The van der Waals surface area contributed by atoms with E-state index in [1.807, 2.05) is 18.2 Å². The molecule has 1 aliphatic heterocycles. The number of nitrogens with one attached hydrogen (secondary N) is 1. The third kappa shape index (κ3) is 3.93. The van der Waals surface area contributed by atoms with Gasteiger partial charge in [-0.1, -0.05) is 12.1 Å². The predicted octanol–water partition coefficient (Wildman–Crippen LogP) is 1.77. The number of hydrogen-bond donors (Lipinski definition) is 1. The van der Waals surface area contributed by atoms with Crippen LogP contribution in [0.5, 0.6) is 0 Å². The second-order valence-electron chi connectivity index (χ2n) is 6.00. The summed E-state index contributed by atoms with van der Waals surface area (Å²) in [5, 5.41) is 3.92. The van der Waals surface area contributed by atoms with E-state index in [9.17, 15) is 13.2 Å². The lowest BCUT2D eigenvalue weighted by molar-refractivity contribution is -0.124. The van der Waals surface area contributed by atoms with Crippen LogP contribution in [0.3, 0.4) is 0 Å². The standard InChI is InChI=1S/C16H21N3O3S2/c1-24(21,22)19-11-5-7-13(19)16(20)17-10-4-9-15-18-12-6-2-3-8-14(12)23-15/h2-3,6,8,13H,4-5,7,9-11H2,1H3,(H,17,20)/t13-/m0/s1. The molecule has 1 N–H and O–H groups in total. The zero-order chi connectivity index (χ0) is 17.2. The molecule has 2 aromatic rings. The number of fused-ring (bicyclic) bond motifs is 1. The first-order chi connectivity index (χ1) is 11.4. The van der Waals surface area contributed by atoms with E-state index in [1.54, 1.807) is 11.3 Å². The molecular weight excluding hydrogens is 346 g/mol. The lowest BCUT2D eigenvalue weighted by Crippen LogP contribution is -2.45. The van der Waals surface area contributed by atoms with Crippen molar-refractivity contribution in [2.75, 3.05) is 19.3 Å². The van der Waals surface area contributed by atoms with Gasteiger partial charge in [0.05, 0.1) is 21.5 Å². The smallest absolute Gasteiger partial charge is 0.238 e. The highest BCUT2D eigenvalue weighted by molar-refractivity contribution is 7.88. The minimum Gasteiger partial charge on any atom is -0.355 e. The van der Waals surface area contributed by atoms with E-state index in [4.69, 9.17) is 0 Å². The van der Waals surface area contributed by atoms with Crippen LogP contribution in [0.2, 0.25) is 0 Å². The van der Waals surface area contributed by atoms with Crippen LogP contribution in [-0.2, 0) is 21.2 Å². The number of carbonyl (C=O) groups excluding carboxylic acids is 1. The van der Waals surface area contributed by atoms with Crippen LogP contribution in [0.25, 0.3) is 10.2 Å². The molecule has 1 aromatic carbocycles. The first-order valence-electron chi connectivity index (χ1n) is 8.04. The minimum absolute atomic E-state index is 0.192. The predicted molar refractivity (Wildman–Crippen MR) is 95.5 cm³/mol. The number of benzene rings is 1. The summed E-state index contributed by atoms with van der Waals surface area (Å²) in [5.41, 5.74) is 1.01. The molecule has 0 saturated carbocycles. The molecule has 1 atom stereocenters. The molecule has 1 aromatic heterocycles. The molecule has 0 unspecified atom stereocenters. The van der Waals surface area contributed by atoms with E-state index in [0.717, 1.165) is 36.0 Å². The molecule has 1 amide bonds. The summed E-state index contributed by atoms with van der Waals surface area (Å²) in [6, 6.07) is 7.47. The number of sulfonamides is 1. The number of amides is 1. The van der Waals surface area contributed by atoms with E-state index < -0.39 is 16.1 Å². The van der Waals surface area contributed by atoms with Crippen LogP contribution in [0.4, 0.5) is 0 Å². The van der Waals surface area contributed by atoms with Gasteiger partial charge in [0.25, 0.3) is 0 Å². The first-order valence-corrected chi connectivity index (χ1v) is 10.7. The van der Waals surface area contributed by atoms with Gasteiger partial charge >= 0.3 is 0 Å². The highest BCUT2D eigenvalue weighted by Crippen LogP contribution is 2.22. The summed E-state index contributed by atoms with van der Waals surface area (Å²) in [4.78, 5) is 16.8. The number of thiazole rings is 1. The molecule has 1 aliphatic rings. The lowest BCUT2D eigenvalue weighted by atomic mass is 10.2. The molecule has 0 radical (unpaired) electrons. The molecule has 6 nitrogen and oxygen atoms in total. The Bertz CT molecular complexity index is 799. The van der Waals surface area contributed by atoms with Crippen molar-refractivity contribution in [3.8, 4) is 0 Å². The van der Waals surface area contributed by atoms with E-state index >= 15 is 0 Å². The Hall–Kier alpha value is -1.51. The van der Waals surface area contributed by atoms with E-state index in [-0.39, 0.29) is 5.91 Å². The minimum atomic E-state index is -3.32. The van der Waals surface area contributed by atoms with Crippen LogP contribution >= 0.6 is 11.3 Å². The van der Waals surface area contributed by atoms with Crippen molar-refractivity contribution in [3.63, 3.8) is 0 Å². The Kier molecular flexibility index (Phi) is 5.17. The Morgan fingerprint density at radius 2 is 2.21 bits per heavy atom. The normalized spacial score (nSPS) is 19.0. The van der Waals surface area contributed by atoms with Gasteiger partial charge in [0.1, 0.15) is 6.04 Å². The van der Waals surface area contributed by atoms with Crippen LogP contribution in [0.1, 0.15) is 24.3 Å². The third-order valence-electron chi connectivity index (χ3n) is 4.14. The summed E-state index contributed by atoms with van der Waals surface area (Å²) in [5.74, 6) is -0.192. The number of aromatic nitrogens is 1. The SMILES string of the molecule is CS(=O)(=O)N1CCC[C@H]1C(=O)NCCCc1nc2ccccc2s1. The maximum Gasteiger partial charge on any atom is 0.238 e. The van der Waals surface area contributed by atoms with Gasteiger partial charge in [-0.3, -0.25) is 4.79 Å². The van der Waals surface area contributed by atoms with Crippen molar-refractivity contribution < 1.29 is 13.2 Å². The zero-order valence-electron chi connectivity index (χ0n) is 13.6. The number of carbonyl (C=O) groups is 1. The second kappa shape index (κ2) is 7.16. The topological polar surface area (TPSA) is 79.4 Å². The van der Waals surface area contributed by atoms with Crippen molar-refractivity contribution in [3.05, 3.63) is 29.3 Å². The summed E-state index contributed by atoms with van der Waals surface area (Å²) in [7, 11) is -3.32. The fraction of sp³-hybridized carbons (Fsp3) is 0.500. The number of rotatable bonds is 6. The Morgan fingerprint density at radius 3 is 2.96 bits per heavy atom. The molecular formula is C16H21N3O3S2. The molecule has 2 heterocycles. The Labute approximate surface area is 145 Å². The van der Waals surface area contributed by atoms with Gasteiger partial charge in [-0.15, -0.1) is 11.3 Å². The van der Waals surface area contributed by atoms with Gasteiger partial charge in [-0.2, -0.15) is 4.31 Å². The summed E-state index contributed by atoms with van der Waals surface area (Å²) < 4.78 is 25.8. The van der Waals surface area contributed by atoms with Crippen molar-refractivity contribution in [1.82, 2.24) is 14.6 Å². The Balaban J connectivity index is 1.48. The van der Waals surface area contributed by atoms with Crippen molar-refractivity contribution in [2.24, 2.45) is 0 Å². The molecule has 130 valence electrons. The van der Waals surface area contributed by atoms with E-state index in [1.165, 1.54) is 9.01 Å². The van der Waals surface area contributed by atoms with Crippen molar-refractivity contribution in [1.29, 1.82) is 0 Å². The molecule has 1 fully saturated rings. The number of hydrogen-bond acceptors (Lipinski definition) is 5. The van der Waals surface area contributed by atoms with Crippen LogP contribution in [0, 0.1) is 0 Å². The summed E-state index contributed by atoms with van der Waals surface area (Å²) >= 11 is 1.67. The van der Waals surface area contributed by atoms with Crippen LogP contribution in [0.15, 0.2) is 24.3 Å². The maximum absolute atomic E-state index is 12.2. The number of nitrogens with zero attached hydrogens (tertiary/aromatic N) is 2.